The highest BCUT2D eigenvalue weighted by molar-refractivity contribution is 5.86. The number of hydrogen-bond acceptors (Lipinski definition) is 4. The van der Waals surface area contributed by atoms with Crippen molar-refractivity contribution in [2.24, 2.45) is 0 Å². The Hall–Kier alpha value is -1.34. The molecule has 1 heterocycles. The van der Waals surface area contributed by atoms with Gasteiger partial charge in [-0.25, -0.2) is 4.79 Å². The maximum atomic E-state index is 11.1. The Morgan fingerprint density at radius 2 is 2.33 bits per heavy atom. The standard InChI is InChI=1S/C11H16N2O2/c1-9-7-10(14)15-11(9,2)8-13(3)6-4-5-12/h7H,4,6,8H2,1-3H3. The fourth-order valence-corrected chi connectivity index (χ4v) is 1.65. The van der Waals surface area contributed by atoms with Crippen LogP contribution < -0.4 is 0 Å². The van der Waals surface area contributed by atoms with E-state index in [4.69, 9.17) is 10.00 Å². The fourth-order valence-electron chi connectivity index (χ4n) is 1.65. The van der Waals surface area contributed by atoms with Crippen LogP contribution in [0.15, 0.2) is 11.6 Å². The lowest BCUT2D eigenvalue weighted by Gasteiger charge is -2.30. The molecular formula is C11H16N2O2. The molecule has 1 aliphatic heterocycles. The van der Waals surface area contributed by atoms with Crippen molar-refractivity contribution in [3.8, 4) is 6.07 Å². The van der Waals surface area contributed by atoms with Crippen LogP contribution in [0.4, 0.5) is 0 Å². The van der Waals surface area contributed by atoms with Crippen molar-refractivity contribution < 1.29 is 9.53 Å². The minimum absolute atomic E-state index is 0.274. The summed E-state index contributed by atoms with van der Waals surface area (Å²) in [5.74, 6) is -0.274. The van der Waals surface area contributed by atoms with E-state index in [2.05, 4.69) is 6.07 Å². The van der Waals surface area contributed by atoms with Crippen molar-refractivity contribution in [1.29, 1.82) is 5.26 Å². The van der Waals surface area contributed by atoms with Crippen molar-refractivity contribution in [2.75, 3.05) is 20.1 Å². The molecule has 0 bridgehead atoms. The number of nitriles is 1. The summed E-state index contributed by atoms with van der Waals surface area (Å²) in [7, 11) is 1.92. The number of likely N-dealkylation sites (N-methyl/N-ethyl adjacent to an activating group) is 1. The molecule has 1 rings (SSSR count). The minimum Gasteiger partial charge on any atom is -0.450 e. The normalized spacial score (nSPS) is 25.0. The first kappa shape index (κ1) is 11.7. The zero-order chi connectivity index (χ0) is 11.5. The van der Waals surface area contributed by atoms with Gasteiger partial charge in [-0.3, -0.25) is 0 Å². The second kappa shape index (κ2) is 4.45. The van der Waals surface area contributed by atoms with Crippen LogP contribution in [-0.4, -0.2) is 36.6 Å². The summed E-state index contributed by atoms with van der Waals surface area (Å²) in [6.45, 7) is 5.11. The average Bonchev–Trinajstić information content (AvgIpc) is 2.37. The minimum atomic E-state index is -0.526. The molecule has 0 saturated heterocycles. The summed E-state index contributed by atoms with van der Waals surface area (Å²) in [5.41, 5.74) is 0.415. The molecule has 0 amide bonds. The highest BCUT2D eigenvalue weighted by Crippen LogP contribution is 2.27. The van der Waals surface area contributed by atoms with Crippen LogP contribution in [0.3, 0.4) is 0 Å². The van der Waals surface area contributed by atoms with Crippen LogP contribution in [-0.2, 0) is 9.53 Å². The van der Waals surface area contributed by atoms with E-state index in [9.17, 15) is 4.79 Å². The number of rotatable bonds is 4. The number of hydrogen-bond donors (Lipinski definition) is 0. The van der Waals surface area contributed by atoms with Crippen LogP contribution >= 0.6 is 0 Å². The van der Waals surface area contributed by atoms with Gasteiger partial charge in [0.25, 0.3) is 0 Å². The van der Waals surface area contributed by atoms with E-state index in [1.807, 2.05) is 25.8 Å². The third-order valence-electron chi connectivity index (χ3n) is 2.67. The molecule has 82 valence electrons. The van der Waals surface area contributed by atoms with Crippen LogP contribution in [0.25, 0.3) is 0 Å². The lowest BCUT2D eigenvalue weighted by atomic mass is 9.98. The highest BCUT2D eigenvalue weighted by atomic mass is 16.6. The average molecular weight is 208 g/mol. The molecule has 0 spiro atoms. The molecule has 4 nitrogen and oxygen atoms in total. The molecule has 0 aromatic rings. The van der Waals surface area contributed by atoms with Gasteiger partial charge in [-0.15, -0.1) is 0 Å². The number of ether oxygens (including phenoxy) is 1. The quantitative estimate of drug-likeness (QED) is 0.649. The van der Waals surface area contributed by atoms with Gasteiger partial charge in [0.2, 0.25) is 0 Å². The number of cyclic esters (lactones) is 1. The Kier molecular flexibility index (Phi) is 3.48. The zero-order valence-corrected chi connectivity index (χ0v) is 9.41. The van der Waals surface area contributed by atoms with E-state index in [-0.39, 0.29) is 5.97 Å². The van der Waals surface area contributed by atoms with Crippen molar-refractivity contribution in [2.45, 2.75) is 25.9 Å². The first-order chi connectivity index (χ1) is 6.98. The van der Waals surface area contributed by atoms with Crippen molar-refractivity contribution in [1.82, 2.24) is 4.90 Å². The smallest absolute Gasteiger partial charge is 0.331 e. The number of carbonyl (C=O) groups excluding carboxylic acids is 1. The third kappa shape index (κ3) is 2.80. The Bertz CT molecular complexity index is 330. The third-order valence-corrected chi connectivity index (χ3v) is 2.67. The lowest BCUT2D eigenvalue weighted by Crippen LogP contribution is -2.41. The van der Waals surface area contributed by atoms with Gasteiger partial charge < -0.3 is 9.64 Å². The van der Waals surface area contributed by atoms with Crippen LogP contribution in [0.2, 0.25) is 0 Å². The summed E-state index contributed by atoms with van der Waals surface area (Å²) in [6.07, 6.45) is 2.02. The van der Waals surface area contributed by atoms with E-state index in [1.54, 1.807) is 0 Å². The Morgan fingerprint density at radius 1 is 1.67 bits per heavy atom. The van der Waals surface area contributed by atoms with E-state index < -0.39 is 5.60 Å². The summed E-state index contributed by atoms with van der Waals surface area (Å²) in [6, 6.07) is 2.09. The molecule has 0 aliphatic carbocycles. The van der Waals surface area contributed by atoms with Gasteiger partial charge in [-0.05, 0) is 26.5 Å². The number of nitrogens with zero attached hydrogens (tertiary/aromatic N) is 2. The van der Waals surface area contributed by atoms with E-state index in [0.717, 1.165) is 5.57 Å². The topological polar surface area (TPSA) is 53.3 Å². The molecule has 15 heavy (non-hydrogen) atoms. The fraction of sp³-hybridized carbons (Fsp3) is 0.636. The number of carbonyl (C=O) groups is 1. The van der Waals surface area contributed by atoms with Crippen LogP contribution in [0.1, 0.15) is 20.3 Å². The summed E-state index contributed by atoms with van der Waals surface area (Å²) in [4.78, 5) is 13.1. The maximum absolute atomic E-state index is 11.1. The molecule has 4 heteroatoms. The summed E-state index contributed by atoms with van der Waals surface area (Å²) >= 11 is 0. The molecule has 1 unspecified atom stereocenters. The molecule has 0 radical (unpaired) electrons. The largest absolute Gasteiger partial charge is 0.450 e. The van der Waals surface area contributed by atoms with E-state index in [1.165, 1.54) is 6.08 Å². The van der Waals surface area contributed by atoms with Gasteiger partial charge in [0.15, 0.2) is 0 Å². The maximum Gasteiger partial charge on any atom is 0.331 e. The van der Waals surface area contributed by atoms with Crippen molar-refractivity contribution in [3.63, 3.8) is 0 Å². The predicted octanol–water partition coefficient (Wildman–Crippen LogP) is 1.09. The summed E-state index contributed by atoms with van der Waals surface area (Å²) < 4.78 is 5.26. The first-order valence-corrected chi connectivity index (χ1v) is 4.95. The molecular weight excluding hydrogens is 192 g/mol. The SMILES string of the molecule is CC1=CC(=O)OC1(C)CN(C)CCC#N. The first-order valence-electron chi connectivity index (χ1n) is 4.95. The highest BCUT2D eigenvalue weighted by Gasteiger charge is 2.36. The molecule has 0 saturated carbocycles. The second-order valence-electron chi connectivity index (χ2n) is 4.13. The van der Waals surface area contributed by atoms with Crippen LogP contribution in [0, 0.1) is 11.3 Å². The molecule has 1 atom stereocenters. The Morgan fingerprint density at radius 3 is 2.80 bits per heavy atom. The van der Waals surface area contributed by atoms with Gasteiger partial charge in [0.1, 0.15) is 5.60 Å². The van der Waals surface area contributed by atoms with E-state index in [0.29, 0.717) is 19.5 Å². The van der Waals surface area contributed by atoms with Gasteiger partial charge in [0.05, 0.1) is 6.07 Å². The van der Waals surface area contributed by atoms with Crippen molar-refractivity contribution >= 4 is 5.97 Å². The molecule has 0 aromatic heterocycles. The van der Waals surface area contributed by atoms with E-state index >= 15 is 0 Å². The Labute approximate surface area is 90.1 Å². The van der Waals surface area contributed by atoms with Crippen LogP contribution in [0.5, 0.6) is 0 Å². The summed E-state index contributed by atoms with van der Waals surface area (Å²) in [5, 5.41) is 8.46. The predicted molar refractivity (Wildman–Crippen MR) is 56.0 cm³/mol. The molecule has 0 N–H and O–H groups in total. The lowest BCUT2D eigenvalue weighted by molar-refractivity contribution is -0.145. The Balaban J connectivity index is 2.55. The van der Waals surface area contributed by atoms with Gasteiger partial charge in [-0.2, -0.15) is 5.26 Å². The second-order valence-corrected chi connectivity index (χ2v) is 4.13. The van der Waals surface area contributed by atoms with Gasteiger partial charge in [-0.1, -0.05) is 0 Å². The molecule has 0 aromatic carbocycles. The monoisotopic (exact) mass is 208 g/mol. The zero-order valence-electron chi connectivity index (χ0n) is 9.41. The van der Waals surface area contributed by atoms with Crippen molar-refractivity contribution in [3.05, 3.63) is 11.6 Å². The number of esters is 1. The molecule has 1 aliphatic rings. The van der Waals surface area contributed by atoms with Gasteiger partial charge in [0, 0.05) is 25.6 Å². The molecule has 0 fully saturated rings. The van der Waals surface area contributed by atoms with Gasteiger partial charge >= 0.3 is 5.97 Å².